The van der Waals surface area contributed by atoms with Crippen molar-refractivity contribution in [2.45, 2.75) is 26.2 Å². The van der Waals surface area contributed by atoms with Crippen LogP contribution in [0.3, 0.4) is 0 Å². The Labute approximate surface area is 118 Å². The van der Waals surface area contributed by atoms with Gasteiger partial charge in [-0.1, -0.05) is 6.92 Å². The lowest BCUT2D eigenvalue weighted by molar-refractivity contribution is 0.0505. The minimum atomic E-state index is -0.336. The van der Waals surface area contributed by atoms with Crippen LogP contribution >= 0.6 is 0 Å². The van der Waals surface area contributed by atoms with Gasteiger partial charge < -0.3 is 15.4 Å². The molecule has 1 aromatic carbocycles. The lowest BCUT2D eigenvalue weighted by Gasteiger charge is -2.08. The molecule has 0 spiro atoms. The third-order valence-corrected chi connectivity index (χ3v) is 3.06. The van der Waals surface area contributed by atoms with Crippen molar-refractivity contribution < 1.29 is 14.3 Å². The second kappa shape index (κ2) is 6.93. The minimum absolute atomic E-state index is 0.210. The average molecular weight is 276 g/mol. The number of anilines is 1. The van der Waals surface area contributed by atoms with Gasteiger partial charge >= 0.3 is 12.0 Å². The fourth-order valence-corrected chi connectivity index (χ4v) is 1.70. The standard InChI is InChI=1S/C15H20N2O3/c1-2-9-20-14(18)12-5-7-13(8-6-12)17-15(19)16-10-11-3-4-11/h5-8,11H,2-4,9-10H2,1H3,(H2,16,17,19). The number of hydrogen-bond acceptors (Lipinski definition) is 3. The molecule has 0 aliphatic heterocycles. The number of carbonyl (C=O) groups excluding carboxylic acids is 2. The molecule has 2 N–H and O–H groups in total. The average Bonchev–Trinajstić information content (AvgIpc) is 3.27. The summed E-state index contributed by atoms with van der Waals surface area (Å²) in [7, 11) is 0. The molecule has 0 heterocycles. The first-order valence-corrected chi connectivity index (χ1v) is 7.01. The summed E-state index contributed by atoms with van der Waals surface area (Å²) in [5, 5.41) is 5.55. The summed E-state index contributed by atoms with van der Waals surface area (Å²) >= 11 is 0. The number of urea groups is 1. The number of benzene rings is 1. The number of nitrogens with one attached hydrogen (secondary N) is 2. The maximum absolute atomic E-state index is 11.6. The fourth-order valence-electron chi connectivity index (χ4n) is 1.70. The van der Waals surface area contributed by atoms with Gasteiger partial charge in [-0.15, -0.1) is 0 Å². The summed E-state index contributed by atoms with van der Waals surface area (Å²) < 4.78 is 5.03. The molecule has 0 saturated heterocycles. The smallest absolute Gasteiger partial charge is 0.338 e. The lowest BCUT2D eigenvalue weighted by Crippen LogP contribution is -2.30. The Morgan fingerprint density at radius 2 is 1.95 bits per heavy atom. The van der Waals surface area contributed by atoms with Crippen LogP contribution in [-0.4, -0.2) is 25.2 Å². The molecule has 1 saturated carbocycles. The van der Waals surface area contributed by atoms with E-state index < -0.39 is 0 Å². The van der Waals surface area contributed by atoms with E-state index >= 15 is 0 Å². The highest BCUT2D eigenvalue weighted by atomic mass is 16.5. The first-order valence-electron chi connectivity index (χ1n) is 7.01. The molecule has 1 fully saturated rings. The van der Waals surface area contributed by atoms with E-state index in [-0.39, 0.29) is 12.0 Å². The third-order valence-electron chi connectivity index (χ3n) is 3.06. The van der Waals surface area contributed by atoms with Crippen molar-refractivity contribution >= 4 is 17.7 Å². The van der Waals surface area contributed by atoms with Gasteiger partial charge in [0.1, 0.15) is 0 Å². The van der Waals surface area contributed by atoms with E-state index in [9.17, 15) is 9.59 Å². The van der Waals surface area contributed by atoms with Gasteiger partial charge in [-0.3, -0.25) is 0 Å². The van der Waals surface area contributed by atoms with E-state index in [1.54, 1.807) is 24.3 Å². The number of rotatable bonds is 6. The topological polar surface area (TPSA) is 67.4 Å². The molecule has 0 unspecified atom stereocenters. The summed E-state index contributed by atoms with van der Waals surface area (Å²) in [4.78, 5) is 23.2. The van der Waals surface area contributed by atoms with Crippen LogP contribution in [0.5, 0.6) is 0 Å². The fraction of sp³-hybridized carbons (Fsp3) is 0.467. The van der Waals surface area contributed by atoms with E-state index in [1.807, 2.05) is 6.92 Å². The van der Waals surface area contributed by atoms with Gasteiger partial charge in [0.25, 0.3) is 0 Å². The first-order chi connectivity index (χ1) is 9.69. The monoisotopic (exact) mass is 276 g/mol. The molecule has 5 heteroatoms. The molecular weight excluding hydrogens is 256 g/mol. The molecule has 1 aromatic rings. The summed E-state index contributed by atoms with van der Waals surface area (Å²) in [5.74, 6) is 0.313. The summed E-state index contributed by atoms with van der Waals surface area (Å²) in [5.41, 5.74) is 1.15. The lowest BCUT2D eigenvalue weighted by atomic mass is 10.2. The zero-order valence-electron chi connectivity index (χ0n) is 11.6. The SMILES string of the molecule is CCCOC(=O)c1ccc(NC(=O)NCC2CC2)cc1. The van der Waals surface area contributed by atoms with E-state index in [2.05, 4.69) is 10.6 Å². The molecule has 0 radical (unpaired) electrons. The molecular formula is C15H20N2O3. The largest absolute Gasteiger partial charge is 0.462 e. The zero-order chi connectivity index (χ0) is 14.4. The van der Waals surface area contributed by atoms with Crippen LogP contribution < -0.4 is 10.6 Å². The Bertz CT molecular complexity index is 467. The predicted octanol–water partition coefficient (Wildman–Crippen LogP) is 2.78. The van der Waals surface area contributed by atoms with Crippen molar-refractivity contribution in [1.82, 2.24) is 5.32 Å². The number of hydrogen-bond donors (Lipinski definition) is 2. The van der Waals surface area contributed by atoms with Crippen molar-refractivity contribution in [3.63, 3.8) is 0 Å². The number of esters is 1. The van der Waals surface area contributed by atoms with Gasteiger partial charge in [-0.25, -0.2) is 9.59 Å². The highest BCUT2D eigenvalue weighted by molar-refractivity contribution is 5.92. The number of ether oxygens (including phenoxy) is 1. The highest BCUT2D eigenvalue weighted by Crippen LogP contribution is 2.27. The maximum atomic E-state index is 11.6. The Balaban J connectivity index is 1.80. The molecule has 2 rings (SSSR count). The van der Waals surface area contributed by atoms with Gasteiger partial charge in [0, 0.05) is 12.2 Å². The predicted molar refractivity (Wildman–Crippen MR) is 76.8 cm³/mol. The second-order valence-corrected chi connectivity index (χ2v) is 4.99. The normalized spacial score (nSPS) is 13.7. The van der Waals surface area contributed by atoms with Crippen molar-refractivity contribution in [1.29, 1.82) is 0 Å². The quantitative estimate of drug-likeness (QED) is 0.785. The van der Waals surface area contributed by atoms with Crippen LogP contribution in [0.1, 0.15) is 36.5 Å². The van der Waals surface area contributed by atoms with Gasteiger partial charge in [0.15, 0.2) is 0 Å². The molecule has 0 aromatic heterocycles. The molecule has 2 amide bonds. The van der Waals surface area contributed by atoms with Crippen LogP contribution in [0.25, 0.3) is 0 Å². The number of amides is 2. The molecule has 0 atom stereocenters. The first kappa shape index (κ1) is 14.4. The van der Waals surface area contributed by atoms with E-state index in [0.29, 0.717) is 23.8 Å². The van der Waals surface area contributed by atoms with Crippen molar-refractivity contribution in [2.75, 3.05) is 18.5 Å². The Morgan fingerprint density at radius 1 is 1.25 bits per heavy atom. The van der Waals surface area contributed by atoms with Crippen molar-refractivity contribution in [2.24, 2.45) is 5.92 Å². The molecule has 20 heavy (non-hydrogen) atoms. The van der Waals surface area contributed by atoms with Gasteiger partial charge in [0.05, 0.1) is 12.2 Å². The molecule has 0 bridgehead atoms. The van der Waals surface area contributed by atoms with Gasteiger partial charge in [-0.05, 0) is 49.4 Å². The van der Waals surface area contributed by atoms with Crippen LogP contribution in [0.15, 0.2) is 24.3 Å². The van der Waals surface area contributed by atoms with Gasteiger partial charge in [-0.2, -0.15) is 0 Å². The van der Waals surface area contributed by atoms with Gasteiger partial charge in [0.2, 0.25) is 0 Å². The molecule has 1 aliphatic rings. The van der Waals surface area contributed by atoms with Crippen LogP contribution in [0, 0.1) is 5.92 Å². The van der Waals surface area contributed by atoms with E-state index in [4.69, 9.17) is 4.74 Å². The summed E-state index contributed by atoms with van der Waals surface area (Å²) in [6.45, 7) is 3.09. The van der Waals surface area contributed by atoms with Crippen LogP contribution in [-0.2, 0) is 4.74 Å². The Morgan fingerprint density at radius 3 is 2.55 bits per heavy atom. The van der Waals surface area contributed by atoms with Crippen molar-refractivity contribution in [3.05, 3.63) is 29.8 Å². The minimum Gasteiger partial charge on any atom is -0.462 e. The highest BCUT2D eigenvalue weighted by Gasteiger charge is 2.21. The maximum Gasteiger partial charge on any atom is 0.338 e. The Hall–Kier alpha value is -2.04. The van der Waals surface area contributed by atoms with E-state index in [0.717, 1.165) is 13.0 Å². The summed E-state index contributed by atoms with van der Waals surface area (Å²) in [6, 6.07) is 6.47. The summed E-state index contributed by atoms with van der Waals surface area (Å²) in [6.07, 6.45) is 3.20. The molecule has 108 valence electrons. The van der Waals surface area contributed by atoms with E-state index in [1.165, 1.54) is 12.8 Å². The number of carbonyl (C=O) groups is 2. The zero-order valence-corrected chi connectivity index (χ0v) is 11.6. The molecule has 5 nitrogen and oxygen atoms in total. The van der Waals surface area contributed by atoms with Crippen molar-refractivity contribution in [3.8, 4) is 0 Å². The van der Waals surface area contributed by atoms with Crippen LogP contribution in [0.2, 0.25) is 0 Å². The van der Waals surface area contributed by atoms with Crippen LogP contribution in [0.4, 0.5) is 10.5 Å². The molecule has 1 aliphatic carbocycles. The second-order valence-electron chi connectivity index (χ2n) is 4.99. The third kappa shape index (κ3) is 4.57. The Kier molecular flexibility index (Phi) is 4.98.